The van der Waals surface area contributed by atoms with Crippen molar-refractivity contribution in [2.75, 3.05) is 11.9 Å². The number of hydrogen-bond acceptors (Lipinski definition) is 5. The van der Waals surface area contributed by atoms with Crippen LogP contribution in [-0.4, -0.2) is 46.9 Å². The molecular weight excluding hydrogens is 338 g/mol. The number of carbonyl (C=O) groups excluding carboxylic acids is 4. The number of ether oxygens (including phenoxy) is 1. The van der Waals surface area contributed by atoms with Crippen molar-refractivity contribution in [3.8, 4) is 0 Å². The Morgan fingerprint density at radius 2 is 1.88 bits per heavy atom. The minimum absolute atomic E-state index is 0.390. The summed E-state index contributed by atoms with van der Waals surface area (Å²) in [5, 5.41) is 5.32. The number of nitrogens with one attached hydrogen (secondary N) is 2. The zero-order valence-electron chi connectivity index (χ0n) is 14.5. The molecule has 0 bridgehead atoms. The van der Waals surface area contributed by atoms with Gasteiger partial charge in [0.2, 0.25) is 0 Å². The molecule has 1 aromatic rings. The molecule has 138 valence electrons. The van der Waals surface area contributed by atoms with Gasteiger partial charge in [0.15, 0.2) is 6.10 Å². The van der Waals surface area contributed by atoms with E-state index in [9.17, 15) is 19.2 Å². The lowest BCUT2D eigenvalue weighted by Crippen LogP contribution is -2.44. The summed E-state index contributed by atoms with van der Waals surface area (Å²) in [5.74, 6) is -1.69. The lowest BCUT2D eigenvalue weighted by Gasteiger charge is -2.20. The third-order valence-electron chi connectivity index (χ3n) is 4.71. The van der Waals surface area contributed by atoms with E-state index in [1.807, 2.05) is 6.07 Å². The van der Waals surface area contributed by atoms with Gasteiger partial charge in [-0.2, -0.15) is 0 Å². The number of para-hydroxylation sites is 1. The first-order valence-electron chi connectivity index (χ1n) is 8.61. The molecule has 1 spiro atoms. The van der Waals surface area contributed by atoms with Gasteiger partial charge < -0.3 is 15.4 Å². The smallest absolute Gasteiger partial charge is 0.327 e. The molecule has 1 aliphatic heterocycles. The Labute approximate surface area is 150 Å². The number of nitrogens with zero attached hydrogens (tertiary/aromatic N) is 1. The van der Waals surface area contributed by atoms with E-state index < -0.39 is 42.0 Å². The summed E-state index contributed by atoms with van der Waals surface area (Å²) in [6.07, 6.45) is 1.84. The van der Waals surface area contributed by atoms with Crippen LogP contribution in [0.4, 0.5) is 10.5 Å². The lowest BCUT2D eigenvalue weighted by atomic mass is 9.98. The van der Waals surface area contributed by atoms with Gasteiger partial charge in [-0.3, -0.25) is 19.3 Å². The zero-order chi connectivity index (χ0) is 18.7. The van der Waals surface area contributed by atoms with Crippen molar-refractivity contribution < 1.29 is 23.9 Å². The minimum Gasteiger partial charge on any atom is -0.451 e. The Bertz CT molecular complexity index is 728. The maximum Gasteiger partial charge on any atom is 0.327 e. The van der Waals surface area contributed by atoms with Gasteiger partial charge in [0.1, 0.15) is 12.1 Å². The fourth-order valence-electron chi connectivity index (χ4n) is 3.32. The fourth-order valence-corrected chi connectivity index (χ4v) is 3.32. The summed E-state index contributed by atoms with van der Waals surface area (Å²) in [6.45, 7) is 0.926. The molecule has 1 heterocycles. The predicted octanol–water partition coefficient (Wildman–Crippen LogP) is 1.42. The van der Waals surface area contributed by atoms with Gasteiger partial charge in [-0.05, 0) is 31.9 Å². The second kappa shape index (κ2) is 7.15. The molecule has 2 aliphatic rings. The summed E-state index contributed by atoms with van der Waals surface area (Å²) in [6, 6.07) is 8.18. The average molecular weight is 359 g/mol. The molecule has 1 aromatic carbocycles. The molecule has 1 aliphatic carbocycles. The van der Waals surface area contributed by atoms with Crippen molar-refractivity contribution in [1.29, 1.82) is 0 Å². The molecule has 26 heavy (non-hydrogen) atoms. The van der Waals surface area contributed by atoms with Crippen LogP contribution < -0.4 is 10.6 Å². The Morgan fingerprint density at radius 3 is 2.54 bits per heavy atom. The molecule has 8 nitrogen and oxygen atoms in total. The van der Waals surface area contributed by atoms with Crippen LogP contribution in [0.3, 0.4) is 0 Å². The van der Waals surface area contributed by atoms with E-state index >= 15 is 0 Å². The van der Waals surface area contributed by atoms with Crippen molar-refractivity contribution in [3.05, 3.63) is 30.3 Å². The molecule has 8 heteroatoms. The molecule has 0 aromatic heterocycles. The first-order chi connectivity index (χ1) is 12.4. The molecule has 1 saturated carbocycles. The Hall–Kier alpha value is -2.90. The Kier molecular flexibility index (Phi) is 4.92. The highest BCUT2D eigenvalue weighted by molar-refractivity contribution is 6.09. The number of benzene rings is 1. The third-order valence-corrected chi connectivity index (χ3v) is 4.71. The molecule has 1 atom stereocenters. The number of hydrogen-bond donors (Lipinski definition) is 2. The summed E-state index contributed by atoms with van der Waals surface area (Å²) in [4.78, 5) is 49.6. The second-order valence-electron chi connectivity index (χ2n) is 6.60. The number of carbonyl (C=O) groups is 4. The van der Waals surface area contributed by atoms with E-state index in [4.69, 9.17) is 4.74 Å². The monoisotopic (exact) mass is 359 g/mol. The molecule has 0 radical (unpaired) electrons. The first-order valence-corrected chi connectivity index (χ1v) is 8.61. The van der Waals surface area contributed by atoms with Gasteiger partial charge >= 0.3 is 12.0 Å². The lowest BCUT2D eigenvalue weighted by molar-refractivity contribution is -0.155. The molecule has 1 saturated heterocycles. The van der Waals surface area contributed by atoms with Crippen LogP contribution in [0.5, 0.6) is 0 Å². The molecule has 3 rings (SSSR count). The van der Waals surface area contributed by atoms with Gasteiger partial charge in [0.25, 0.3) is 11.8 Å². The number of anilines is 1. The van der Waals surface area contributed by atoms with Gasteiger partial charge in [-0.15, -0.1) is 0 Å². The van der Waals surface area contributed by atoms with Gasteiger partial charge in [0, 0.05) is 5.69 Å². The quantitative estimate of drug-likeness (QED) is 0.611. The van der Waals surface area contributed by atoms with Gasteiger partial charge in [-0.1, -0.05) is 31.0 Å². The van der Waals surface area contributed by atoms with Crippen LogP contribution in [-0.2, 0) is 19.1 Å². The first kappa shape index (κ1) is 17.9. The predicted molar refractivity (Wildman–Crippen MR) is 92.1 cm³/mol. The fraction of sp³-hybridized carbons (Fsp3) is 0.444. The highest BCUT2D eigenvalue weighted by Crippen LogP contribution is 2.34. The third kappa shape index (κ3) is 3.54. The van der Waals surface area contributed by atoms with E-state index in [1.165, 1.54) is 6.92 Å². The Morgan fingerprint density at radius 1 is 1.23 bits per heavy atom. The van der Waals surface area contributed by atoms with Crippen molar-refractivity contribution in [1.82, 2.24) is 10.2 Å². The van der Waals surface area contributed by atoms with Crippen LogP contribution in [0.2, 0.25) is 0 Å². The summed E-state index contributed by atoms with van der Waals surface area (Å²) >= 11 is 0. The second-order valence-corrected chi connectivity index (χ2v) is 6.60. The SMILES string of the molecule is C[C@H](OC(=O)CN1C(=O)NC2(CCCC2)C1=O)C(=O)Nc1ccccc1. The minimum atomic E-state index is -1.05. The topological polar surface area (TPSA) is 105 Å². The molecule has 4 amide bonds. The van der Waals surface area contributed by atoms with Crippen LogP contribution in [0, 0.1) is 0 Å². The van der Waals surface area contributed by atoms with Crippen molar-refractivity contribution in [3.63, 3.8) is 0 Å². The van der Waals surface area contributed by atoms with E-state index in [2.05, 4.69) is 10.6 Å². The highest BCUT2D eigenvalue weighted by atomic mass is 16.5. The number of rotatable bonds is 5. The summed E-state index contributed by atoms with van der Waals surface area (Å²) in [7, 11) is 0. The summed E-state index contributed by atoms with van der Waals surface area (Å²) in [5.41, 5.74) is -0.286. The number of amides is 4. The van der Waals surface area contributed by atoms with E-state index in [1.54, 1.807) is 24.3 Å². The van der Waals surface area contributed by atoms with Gasteiger partial charge in [-0.25, -0.2) is 4.79 Å². The normalized spacial score (nSPS) is 19.3. The number of esters is 1. The van der Waals surface area contributed by atoms with Crippen LogP contribution >= 0.6 is 0 Å². The average Bonchev–Trinajstić information content (AvgIpc) is 3.17. The van der Waals surface area contributed by atoms with Crippen LogP contribution in [0.15, 0.2) is 30.3 Å². The van der Waals surface area contributed by atoms with Gasteiger partial charge in [0.05, 0.1) is 0 Å². The van der Waals surface area contributed by atoms with Crippen molar-refractivity contribution >= 4 is 29.5 Å². The highest BCUT2D eigenvalue weighted by Gasteiger charge is 2.52. The van der Waals surface area contributed by atoms with E-state index in [-0.39, 0.29) is 0 Å². The molecule has 0 unspecified atom stereocenters. The standard InChI is InChI=1S/C18H21N3O5/c1-12(15(23)19-13-7-3-2-4-8-13)26-14(22)11-21-16(24)18(20-17(21)25)9-5-6-10-18/h2-4,7-8,12H,5-6,9-11H2,1H3,(H,19,23)(H,20,25)/t12-/m0/s1. The maximum atomic E-state index is 12.5. The van der Waals surface area contributed by atoms with Crippen LogP contribution in [0.25, 0.3) is 0 Å². The van der Waals surface area contributed by atoms with E-state index in [0.717, 1.165) is 17.7 Å². The Balaban J connectivity index is 1.54. The molecule has 2 N–H and O–H groups in total. The van der Waals surface area contributed by atoms with Crippen LogP contribution in [0.1, 0.15) is 32.6 Å². The number of urea groups is 1. The van der Waals surface area contributed by atoms with Crippen molar-refractivity contribution in [2.45, 2.75) is 44.2 Å². The zero-order valence-corrected chi connectivity index (χ0v) is 14.5. The number of imide groups is 1. The van der Waals surface area contributed by atoms with E-state index in [0.29, 0.717) is 18.5 Å². The summed E-state index contributed by atoms with van der Waals surface area (Å²) < 4.78 is 5.07. The molecule has 2 fully saturated rings. The molecular formula is C18H21N3O5. The largest absolute Gasteiger partial charge is 0.451 e. The maximum absolute atomic E-state index is 12.5. The van der Waals surface area contributed by atoms with Crippen molar-refractivity contribution in [2.24, 2.45) is 0 Å².